The van der Waals surface area contributed by atoms with Crippen molar-refractivity contribution in [3.8, 4) is 23.0 Å². The summed E-state index contributed by atoms with van der Waals surface area (Å²) in [7, 11) is 0. The van der Waals surface area contributed by atoms with Crippen molar-refractivity contribution >= 4 is 22.6 Å². The largest absolute Gasteiger partial charge is 0.508 e. The van der Waals surface area contributed by atoms with Crippen molar-refractivity contribution in [3.05, 3.63) is 38.2 Å². The van der Waals surface area contributed by atoms with E-state index in [0.717, 1.165) is 0 Å². The monoisotopic (exact) mass is 330 g/mol. The fraction of sp³-hybridized carbons (Fsp3) is 0. The Morgan fingerprint density at radius 1 is 1.31 bits per heavy atom. The van der Waals surface area contributed by atoms with E-state index in [9.17, 15) is 15.0 Å². The SMILES string of the molecule is O=c1[nH]c(-c2cccc(O)c2)nc(O)c1I. The van der Waals surface area contributed by atoms with Gasteiger partial charge >= 0.3 is 0 Å². The lowest BCUT2D eigenvalue weighted by Crippen LogP contribution is -2.12. The lowest BCUT2D eigenvalue weighted by atomic mass is 10.2. The highest BCUT2D eigenvalue weighted by Crippen LogP contribution is 2.21. The van der Waals surface area contributed by atoms with Crippen LogP contribution in [0.5, 0.6) is 11.6 Å². The molecule has 1 aromatic carbocycles. The van der Waals surface area contributed by atoms with Crippen LogP contribution < -0.4 is 5.56 Å². The van der Waals surface area contributed by atoms with Gasteiger partial charge in [0.05, 0.1) is 0 Å². The van der Waals surface area contributed by atoms with E-state index in [0.29, 0.717) is 5.56 Å². The number of phenolic OH excluding ortho intramolecular Hbond substituents is 1. The quantitative estimate of drug-likeness (QED) is 0.691. The van der Waals surface area contributed by atoms with Crippen LogP contribution in [0.4, 0.5) is 0 Å². The van der Waals surface area contributed by atoms with E-state index in [2.05, 4.69) is 9.97 Å². The minimum Gasteiger partial charge on any atom is -0.508 e. The molecule has 0 bridgehead atoms. The van der Waals surface area contributed by atoms with E-state index < -0.39 is 5.56 Å². The molecule has 2 aromatic rings. The average molecular weight is 330 g/mol. The Bertz CT molecular complexity index is 595. The molecule has 0 aliphatic carbocycles. The first-order valence-corrected chi connectivity index (χ1v) is 5.44. The first-order valence-electron chi connectivity index (χ1n) is 4.36. The maximum atomic E-state index is 11.4. The molecule has 0 fully saturated rings. The van der Waals surface area contributed by atoms with Crippen LogP contribution in [0.25, 0.3) is 11.4 Å². The number of halogens is 1. The average Bonchev–Trinajstić information content (AvgIpc) is 2.25. The van der Waals surface area contributed by atoms with Gasteiger partial charge in [-0.1, -0.05) is 12.1 Å². The van der Waals surface area contributed by atoms with Crippen LogP contribution in [-0.2, 0) is 0 Å². The lowest BCUT2D eigenvalue weighted by molar-refractivity contribution is 0.447. The fourth-order valence-corrected chi connectivity index (χ4v) is 1.49. The van der Waals surface area contributed by atoms with Gasteiger partial charge in [-0.15, -0.1) is 0 Å². The standard InChI is InChI=1S/C10H7IN2O3/c11-7-9(15)12-8(13-10(7)16)5-2-1-3-6(14)4-5/h1-4,14H,(H2,12,13,15,16). The van der Waals surface area contributed by atoms with E-state index in [4.69, 9.17) is 0 Å². The van der Waals surface area contributed by atoms with Gasteiger partial charge in [-0.05, 0) is 34.7 Å². The zero-order valence-corrected chi connectivity index (χ0v) is 10.1. The third-order valence-electron chi connectivity index (χ3n) is 1.96. The number of hydrogen-bond acceptors (Lipinski definition) is 4. The molecule has 0 unspecified atom stereocenters. The predicted molar refractivity (Wildman–Crippen MR) is 66.3 cm³/mol. The number of benzene rings is 1. The van der Waals surface area contributed by atoms with Crippen molar-refractivity contribution < 1.29 is 10.2 Å². The van der Waals surface area contributed by atoms with Crippen LogP contribution >= 0.6 is 22.6 Å². The lowest BCUT2D eigenvalue weighted by Gasteiger charge is -2.02. The molecule has 3 N–H and O–H groups in total. The highest BCUT2D eigenvalue weighted by atomic mass is 127. The van der Waals surface area contributed by atoms with Crippen molar-refractivity contribution in [3.63, 3.8) is 0 Å². The molecule has 6 heteroatoms. The summed E-state index contributed by atoms with van der Waals surface area (Å²) >= 11 is 1.71. The molecule has 1 heterocycles. The number of aromatic nitrogens is 2. The Morgan fingerprint density at radius 2 is 2.06 bits per heavy atom. The molecule has 0 amide bonds. The molecule has 16 heavy (non-hydrogen) atoms. The van der Waals surface area contributed by atoms with E-state index in [-0.39, 0.29) is 21.0 Å². The van der Waals surface area contributed by atoms with Crippen molar-refractivity contribution in [1.82, 2.24) is 9.97 Å². The number of rotatable bonds is 1. The third-order valence-corrected chi connectivity index (χ3v) is 2.94. The van der Waals surface area contributed by atoms with Gasteiger partial charge in [0, 0.05) is 5.56 Å². The first-order chi connectivity index (χ1) is 7.58. The van der Waals surface area contributed by atoms with Gasteiger partial charge in [0.25, 0.3) is 5.56 Å². The normalized spacial score (nSPS) is 10.3. The second-order valence-electron chi connectivity index (χ2n) is 3.10. The van der Waals surface area contributed by atoms with Crippen LogP contribution in [0.3, 0.4) is 0 Å². The Kier molecular flexibility index (Phi) is 2.82. The number of nitrogens with one attached hydrogen (secondary N) is 1. The van der Waals surface area contributed by atoms with E-state index in [1.165, 1.54) is 12.1 Å². The Hall–Kier alpha value is -1.57. The number of aromatic amines is 1. The van der Waals surface area contributed by atoms with Crippen LogP contribution in [0.1, 0.15) is 0 Å². The molecular formula is C10H7IN2O3. The zero-order chi connectivity index (χ0) is 11.7. The van der Waals surface area contributed by atoms with E-state index >= 15 is 0 Å². The van der Waals surface area contributed by atoms with Crippen molar-refractivity contribution in [1.29, 1.82) is 0 Å². The summed E-state index contributed by atoms with van der Waals surface area (Å²) < 4.78 is 0.140. The highest BCUT2D eigenvalue weighted by molar-refractivity contribution is 14.1. The minimum atomic E-state index is -0.411. The summed E-state index contributed by atoms with van der Waals surface area (Å²) in [6, 6.07) is 6.25. The van der Waals surface area contributed by atoms with E-state index in [1.54, 1.807) is 34.7 Å². The summed E-state index contributed by atoms with van der Waals surface area (Å²) in [6.45, 7) is 0. The van der Waals surface area contributed by atoms with Gasteiger partial charge < -0.3 is 15.2 Å². The minimum absolute atomic E-state index is 0.0678. The number of aromatic hydroxyl groups is 2. The number of H-pyrrole nitrogens is 1. The molecule has 0 saturated heterocycles. The fourth-order valence-electron chi connectivity index (χ4n) is 1.24. The van der Waals surface area contributed by atoms with Crippen LogP contribution in [0.2, 0.25) is 0 Å². The molecule has 0 saturated carbocycles. The van der Waals surface area contributed by atoms with E-state index in [1.807, 2.05) is 0 Å². The van der Waals surface area contributed by atoms with Gasteiger partial charge in [-0.2, -0.15) is 4.98 Å². The molecule has 0 radical (unpaired) electrons. The molecule has 0 atom stereocenters. The summed E-state index contributed by atoms with van der Waals surface area (Å²) in [6.07, 6.45) is 0. The summed E-state index contributed by atoms with van der Waals surface area (Å²) in [5, 5.41) is 18.7. The molecule has 0 aliphatic heterocycles. The summed E-state index contributed by atoms with van der Waals surface area (Å²) in [5.41, 5.74) is 0.121. The Balaban J connectivity index is 2.61. The summed E-state index contributed by atoms with van der Waals surface area (Å²) in [5.74, 6) is -0.0281. The predicted octanol–water partition coefficient (Wildman–Crippen LogP) is 1.45. The molecule has 2 rings (SSSR count). The zero-order valence-electron chi connectivity index (χ0n) is 7.94. The molecule has 1 aromatic heterocycles. The Morgan fingerprint density at radius 3 is 2.69 bits per heavy atom. The number of phenols is 1. The van der Waals surface area contributed by atoms with Crippen LogP contribution in [0, 0.1) is 3.57 Å². The molecule has 5 nitrogen and oxygen atoms in total. The molecular weight excluding hydrogens is 323 g/mol. The number of hydrogen-bond donors (Lipinski definition) is 3. The highest BCUT2D eigenvalue weighted by Gasteiger charge is 2.09. The maximum absolute atomic E-state index is 11.4. The van der Waals surface area contributed by atoms with Gasteiger partial charge in [0.1, 0.15) is 15.1 Å². The molecule has 82 valence electrons. The van der Waals surface area contributed by atoms with Crippen molar-refractivity contribution in [2.24, 2.45) is 0 Å². The maximum Gasteiger partial charge on any atom is 0.268 e. The molecule has 0 aliphatic rings. The van der Waals surface area contributed by atoms with Crippen LogP contribution in [-0.4, -0.2) is 20.2 Å². The Labute approximate surface area is 104 Å². The van der Waals surface area contributed by atoms with Gasteiger partial charge in [-0.3, -0.25) is 4.79 Å². The van der Waals surface area contributed by atoms with Crippen molar-refractivity contribution in [2.75, 3.05) is 0 Å². The number of nitrogens with zero attached hydrogens (tertiary/aromatic N) is 1. The van der Waals surface area contributed by atoms with Gasteiger partial charge in [0.2, 0.25) is 5.88 Å². The third kappa shape index (κ3) is 2.01. The van der Waals surface area contributed by atoms with Gasteiger partial charge in [-0.25, -0.2) is 0 Å². The first kappa shape index (κ1) is 10.9. The second kappa shape index (κ2) is 4.12. The van der Waals surface area contributed by atoms with Crippen LogP contribution in [0.15, 0.2) is 29.1 Å². The topological polar surface area (TPSA) is 86.2 Å². The van der Waals surface area contributed by atoms with Crippen molar-refractivity contribution in [2.45, 2.75) is 0 Å². The molecule has 0 spiro atoms. The van der Waals surface area contributed by atoms with Gasteiger partial charge in [0.15, 0.2) is 0 Å². The summed E-state index contributed by atoms with van der Waals surface area (Å²) in [4.78, 5) is 17.7. The smallest absolute Gasteiger partial charge is 0.268 e. The second-order valence-corrected chi connectivity index (χ2v) is 4.18.